The van der Waals surface area contributed by atoms with Gasteiger partial charge >= 0.3 is 0 Å². The van der Waals surface area contributed by atoms with Gasteiger partial charge in [0.2, 0.25) is 5.91 Å². The van der Waals surface area contributed by atoms with Crippen LogP contribution in [-0.4, -0.2) is 13.0 Å². The van der Waals surface area contributed by atoms with E-state index in [1.165, 1.54) is 0 Å². The summed E-state index contributed by atoms with van der Waals surface area (Å²) in [5, 5.41) is 3.08. The number of nitrogens with two attached hydrogens (primary N) is 1. The van der Waals surface area contributed by atoms with Crippen LogP contribution in [0.5, 0.6) is 5.75 Å². The van der Waals surface area contributed by atoms with E-state index < -0.39 is 0 Å². The van der Waals surface area contributed by atoms with Crippen molar-refractivity contribution >= 4 is 35.5 Å². The maximum Gasteiger partial charge on any atom is 0.235 e. The zero-order valence-electron chi connectivity index (χ0n) is 17.5. The maximum atomic E-state index is 12.5. The van der Waals surface area contributed by atoms with Gasteiger partial charge in [-0.2, -0.15) is 0 Å². The number of anilines is 2. The summed E-state index contributed by atoms with van der Waals surface area (Å²) in [6.45, 7) is 4.22. The number of ether oxygens (including phenoxy) is 1. The number of nitrogen functional groups attached to an aromatic ring is 1. The Balaban J connectivity index is 0.000000217. The fraction of sp³-hybridized carbons (Fsp3) is 0.192. The van der Waals surface area contributed by atoms with Crippen molar-refractivity contribution in [2.75, 3.05) is 18.2 Å². The number of hydrogen-bond donors (Lipinski definition) is 3. The molecule has 0 aromatic heterocycles. The van der Waals surface area contributed by atoms with E-state index in [0.717, 1.165) is 57.9 Å². The molecule has 5 rings (SSSR count). The second-order valence-electron chi connectivity index (χ2n) is 7.90. The summed E-state index contributed by atoms with van der Waals surface area (Å²) in [5.74, 6) is 0.933. The van der Waals surface area contributed by atoms with Gasteiger partial charge in [0.15, 0.2) is 0 Å². The molecular formula is C26H26N2O2S. The molecule has 0 atom stereocenters. The normalized spacial score (nSPS) is 15.2. The smallest absolute Gasteiger partial charge is 0.235 e. The summed E-state index contributed by atoms with van der Waals surface area (Å²) in [6.07, 6.45) is 2.91. The predicted octanol–water partition coefficient (Wildman–Crippen LogP) is 5.69. The summed E-state index contributed by atoms with van der Waals surface area (Å²) < 4.78 is 4.97. The lowest BCUT2D eigenvalue weighted by atomic mass is 9.65. The van der Waals surface area contributed by atoms with Crippen LogP contribution in [-0.2, 0) is 10.2 Å². The van der Waals surface area contributed by atoms with Crippen molar-refractivity contribution < 1.29 is 9.53 Å². The van der Waals surface area contributed by atoms with Crippen LogP contribution < -0.4 is 15.8 Å². The highest BCUT2D eigenvalue weighted by Gasteiger charge is 2.51. The van der Waals surface area contributed by atoms with Crippen LogP contribution in [0.25, 0.3) is 5.57 Å². The van der Waals surface area contributed by atoms with E-state index in [9.17, 15) is 4.79 Å². The lowest BCUT2D eigenvalue weighted by molar-refractivity contribution is -0.123. The fourth-order valence-electron chi connectivity index (χ4n) is 4.22. The summed E-state index contributed by atoms with van der Waals surface area (Å²) in [5.41, 5.74) is 11.3. The van der Waals surface area contributed by atoms with Crippen LogP contribution in [0.2, 0.25) is 0 Å². The Morgan fingerprint density at radius 1 is 1.10 bits per heavy atom. The van der Waals surface area contributed by atoms with Gasteiger partial charge in [0.1, 0.15) is 5.75 Å². The third-order valence-corrected chi connectivity index (χ3v) is 6.46. The first-order valence-corrected chi connectivity index (χ1v) is 10.7. The number of carbonyl (C=O) groups is 1. The first-order chi connectivity index (χ1) is 15.0. The monoisotopic (exact) mass is 430 g/mol. The molecule has 0 unspecified atom stereocenters. The highest BCUT2D eigenvalue weighted by Crippen LogP contribution is 2.53. The van der Waals surface area contributed by atoms with Gasteiger partial charge in [-0.1, -0.05) is 55.5 Å². The molecule has 1 aliphatic carbocycles. The molecule has 1 spiro atoms. The zero-order valence-corrected chi connectivity index (χ0v) is 18.4. The molecule has 0 saturated heterocycles. The van der Waals surface area contributed by atoms with Gasteiger partial charge in [0.05, 0.1) is 18.2 Å². The molecule has 158 valence electrons. The molecule has 1 heterocycles. The van der Waals surface area contributed by atoms with E-state index in [2.05, 4.69) is 24.5 Å². The minimum absolute atomic E-state index is 0.112. The van der Waals surface area contributed by atoms with Gasteiger partial charge in [-0.3, -0.25) is 4.79 Å². The van der Waals surface area contributed by atoms with Gasteiger partial charge in [0.25, 0.3) is 0 Å². The number of amides is 1. The molecule has 4 nitrogen and oxygen atoms in total. The number of carbonyl (C=O) groups excluding carboxylic acids is 1. The van der Waals surface area contributed by atoms with E-state index in [1.54, 1.807) is 7.11 Å². The molecule has 3 aromatic carbocycles. The van der Waals surface area contributed by atoms with Gasteiger partial charge in [-0.25, -0.2) is 0 Å². The predicted molar refractivity (Wildman–Crippen MR) is 130 cm³/mol. The molecule has 3 aromatic rings. The highest BCUT2D eigenvalue weighted by atomic mass is 32.1. The van der Waals surface area contributed by atoms with Gasteiger partial charge in [-0.05, 0) is 53.8 Å². The number of nitrogens with one attached hydrogen (secondary N) is 1. The quantitative estimate of drug-likeness (QED) is 0.370. The second kappa shape index (κ2) is 8.52. The first kappa shape index (κ1) is 21.1. The zero-order chi connectivity index (χ0) is 22.0. The number of thiol groups is 1. The second-order valence-corrected chi connectivity index (χ2v) is 8.38. The van der Waals surface area contributed by atoms with Crippen LogP contribution in [0.15, 0.2) is 78.2 Å². The average molecular weight is 431 g/mol. The Kier molecular flexibility index (Phi) is 5.79. The minimum Gasteiger partial charge on any atom is -0.496 e. The highest BCUT2D eigenvalue weighted by molar-refractivity contribution is 7.80. The first-order valence-electron chi connectivity index (χ1n) is 10.3. The fourth-order valence-corrected chi connectivity index (χ4v) is 4.47. The largest absolute Gasteiger partial charge is 0.496 e. The van der Waals surface area contributed by atoms with E-state index in [1.807, 2.05) is 66.7 Å². The van der Waals surface area contributed by atoms with E-state index >= 15 is 0 Å². The van der Waals surface area contributed by atoms with Crippen molar-refractivity contribution in [1.82, 2.24) is 0 Å². The van der Waals surface area contributed by atoms with Crippen molar-refractivity contribution in [3.63, 3.8) is 0 Å². The van der Waals surface area contributed by atoms with Crippen molar-refractivity contribution in [2.24, 2.45) is 0 Å². The Morgan fingerprint density at radius 2 is 1.77 bits per heavy atom. The lowest BCUT2D eigenvalue weighted by Crippen LogP contribution is -2.40. The third kappa shape index (κ3) is 3.81. The maximum absolute atomic E-state index is 12.5. The number of methoxy groups -OCH3 is 1. The van der Waals surface area contributed by atoms with Crippen LogP contribution in [0.3, 0.4) is 0 Å². The van der Waals surface area contributed by atoms with Crippen LogP contribution in [0.1, 0.15) is 36.0 Å². The van der Waals surface area contributed by atoms with Crippen molar-refractivity contribution in [3.8, 4) is 5.75 Å². The number of para-hydroxylation sites is 1. The number of rotatable bonds is 3. The van der Waals surface area contributed by atoms with Crippen LogP contribution in [0, 0.1) is 0 Å². The summed E-state index contributed by atoms with van der Waals surface area (Å²) in [4.78, 5) is 13.4. The summed E-state index contributed by atoms with van der Waals surface area (Å²) >= 11 is 4.15. The Morgan fingerprint density at radius 3 is 2.35 bits per heavy atom. The topological polar surface area (TPSA) is 64.3 Å². The number of hydrogen-bond acceptors (Lipinski definition) is 4. The lowest BCUT2D eigenvalue weighted by Gasteiger charge is -2.36. The molecule has 5 heteroatoms. The summed E-state index contributed by atoms with van der Waals surface area (Å²) in [6, 6.07) is 21.5. The molecule has 3 N–H and O–H groups in total. The molecule has 1 saturated carbocycles. The van der Waals surface area contributed by atoms with E-state index in [4.69, 9.17) is 10.5 Å². The standard InChI is InChI=1S/C19H18N2O.C7H8OS/c1-12(13-6-3-2-4-7-13)15-10-14(20)11-16-17(15)21-18(22)19(16)8-5-9-19;1-8-6-4-2-3-5-7(6)9/h2-4,6-7,10-11H,1,5,8-9,20H2,(H,21,22);2-5,9H,1H3. The molecular weight excluding hydrogens is 404 g/mol. The van der Waals surface area contributed by atoms with Gasteiger partial charge in [0, 0.05) is 16.1 Å². The van der Waals surface area contributed by atoms with Crippen LogP contribution >= 0.6 is 12.6 Å². The van der Waals surface area contributed by atoms with E-state index in [-0.39, 0.29) is 11.3 Å². The summed E-state index contributed by atoms with van der Waals surface area (Å²) in [7, 11) is 1.63. The van der Waals surface area contributed by atoms with Crippen LogP contribution in [0.4, 0.5) is 11.4 Å². The van der Waals surface area contributed by atoms with Crippen molar-refractivity contribution in [1.29, 1.82) is 0 Å². The third-order valence-electron chi connectivity index (χ3n) is 6.09. The van der Waals surface area contributed by atoms with Crippen molar-refractivity contribution in [3.05, 3.63) is 90.0 Å². The molecule has 0 bridgehead atoms. The Labute approximate surface area is 188 Å². The molecule has 31 heavy (non-hydrogen) atoms. The molecule has 1 fully saturated rings. The minimum atomic E-state index is -0.351. The van der Waals surface area contributed by atoms with Gasteiger partial charge < -0.3 is 15.8 Å². The number of fused-ring (bicyclic) bond motifs is 2. The average Bonchev–Trinajstić information content (AvgIpc) is 3.06. The number of benzene rings is 3. The Bertz CT molecular complexity index is 1140. The molecule has 2 aliphatic rings. The van der Waals surface area contributed by atoms with E-state index in [0.29, 0.717) is 5.69 Å². The Hall–Kier alpha value is -3.18. The molecule has 0 radical (unpaired) electrons. The SMILES string of the molecule is C=C(c1ccccc1)c1cc(N)cc2c1NC(=O)C21CCC1.COc1ccccc1S. The molecule has 1 amide bonds. The van der Waals surface area contributed by atoms with Gasteiger partial charge in [-0.15, -0.1) is 12.6 Å². The molecule has 1 aliphatic heterocycles. The van der Waals surface area contributed by atoms with Crippen molar-refractivity contribution in [2.45, 2.75) is 29.6 Å².